The van der Waals surface area contributed by atoms with Crippen molar-refractivity contribution in [3.8, 4) is 0 Å². The van der Waals surface area contributed by atoms with Crippen molar-refractivity contribution in [2.45, 2.75) is 103 Å². The SMILES string of the molecule is CCCCCCCCCCS(=O)(=O)N1CCCCC1C=P.CNCCCCCN. The van der Waals surface area contributed by atoms with E-state index >= 15 is 0 Å². The van der Waals surface area contributed by atoms with Gasteiger partial charge in [0.25, 0.3) is 0 Å². The van der Waals surface area contributed by atoms with Gasteiger partial charge >= 0.3 is 0 Å². The second kappa shape index (κ2) is 19.9. The number of nitrogens with two attached hydrogens (primary N) is 1. The highest BCUT2D eigenvalue weighted by atomic mass is 32.2. The van der Waals surface area contributed by atoms with Crippen molar-refractivity contribution >= 4 is 24.7 Å². The van der Waals surface area contributed by atoms with E-state index in [1.165, 1.54) is 57.8 Å². The normalized spacial score (nSPS) is 17.6. The first-order valence-electron chi connectivity index (χ1n) is 11.9. The molecule has 0 spiro atoms. The Hall–Kier alpha value is -0.0000000000000000694. The monoisotopic (exact) mass is 449 g/mol. The van der Waals surface area contributed by atoms with Crippen LogP contribution in [0.3, 0.4) is 0 Å². The molecule has 0 aromatic heterocycles. The van der Waals surface area contributed by atoms with Crippen molar-refractivity contribution in [3.05, 3.63) is 0 Å². The van der Waals surface area contributed by atoms with Gasteiger partial charge in [0.15, 0.2) is 0 Å². The molecule has 0 aromatic rings. The van der Waals surface area contributed by atoms with Gasteiger partial charge in [-0.3, -0.25) is 0 Å². The Morgan fingerprint density at radius 1 is 1.00 bits per heavy atom. The highest BCUT2D eigenvalue weighted by Crippen LogP contribution is 2.21. The molecule has 1 aliphatic rings. The molecule has 1 saturated heterocycles. The molecule has 1 heterocycles. The molecule has 0 radical (unpaired) electrons. The summed E-state index contributed by atoms with van der Waals surface area (Å²) in [6.45, 7) is 4.87. The average Bonchev–Trinajstić information content (AvgIpc) is 2.73. The Labute approximate surface area is 183 Å². The number of hydrogen-bond acceptors (Lipinski definition) is 4. The molecule has 0 aliphatic carbocycles. The van der Waals surface area contributed by atoms with Crippen molar-refractivity contribution in [2.24, 2.45) is 5.73 Å². The van der Waals surface area contributed by atoms with Crippen LogP contribution in [0.2, 0.25) is 0 Å². The fourth-order valence-electron chi connectivity index (χ4n) is 3.60. The molecular weight excluding hydrogens is 401 g/mol. The first-order valence-corrected chi connectivity index (χ1v) is 14.1. The summed E-state index contributed by atoms with van der Waals surface area (Å²) in [7, 11) is 2.29. The fourth-order valence-corrected chi connectivity index (χ4v) is 5.85. The Balaban J connectivity index is 0.000000828. The van der Waals surface area contributed by atoms with Crippen LogP contribution in [0.15, 0.2) is 0 Å². The van der Waals surface area contributed by atoms with E-state index in [-0.39, 0.29) is 6.04 Å². The number of sulfonamides is 1. The number of unbranched alkanes of at least 4 members (excludes halogenated alkanes) is 9. The third kappa shape index (κ3) is 15.5. The average molecular weight is 450 g/mol. The van der Waals surface area contributed by atoms with Crippen LogP contribution < -0.4 is 11.1 Å². The van der Waals surface area contributed by atoms with Gasteiger partial charge in [0.1, 0.15) is 0 Å². The van der Waals surface area contributed by atoms with Crippen LogP contribution in [0.5, 0.6) is 0 Å². The van der Waals surface area contributed by atoms with E-state index in [0.29, 0.717) is 12.3 Å². The van der Waals surface area contributed by atoms with E-state index in [9.17, 15) is 8.42 Å². The quantitative estimate of drug-likeness (QED) is 0.267. The second-order valence-electron chi connectivity index (χ2n) is 8.08. The summed E-state index contributed by atoms with van der Waals surface area (Å²) in [6, 6.07) is 0.0504. The largest absolute Gasteiger partial charge is 0.330 e. The summed E-state index contributed by atoms with van der Waals surface area (Å²) in [4.78, 5) is 0. The molecule has 0 bridgehead atoms. The second-order valence-corrected chi connectivity index (χ2v) is 10.5. The third-order valence-corrected chi connectivity index (χ3v) is 7.79. The van der Waals surface area contributed by atoms with Crippen LogP contribution in [0.1, 0.15) is 96.8 Å². The van der Waals surface area contributed by atoms with Gasteiger partial charge in [-0.25, -0.2) is 8.42 Å². The van der Waals surface area contributed by atoms with Gasteiger partial charge in [-0.05, 0) is 58.0 Å². The Kier molecular flexibility index (Phi) is 19.9. The van der Waals surface area contributed by atoms with Gasteiger partial charge in [0.2, 0.25) is 10.0 Å². The van der Waals surface area contributed by atoms with Gasteiger partial charge in [0, 0.05) is 12.6 Å². The Morgan fingerprint density at radius 2 is 1.62 bits per heavy atom. The highest BCUT2D eigenvalue weighted by Gasteiger charge is 2.29. The predicted octanol–water partition coefficient (Wildman–Crippen LogP) is 4.59. The smallest absolute Gasteiger partial charge is 0.214 e. The first-order chi connectivity index (χ1) is 14.0. The van der Waals surface area contributed by atoms with E-state index in [2.05, 4.69) is 21.1 Å². The van der Waals surface area contributed by atoms with Crippen LogP contribution >= 0.6 is 8.86 Å². The van der Waals surface area contributed by atoms with Crippen LogP contribution in [0.4, 0.5) is 0 Å². The molecule has 174 valence electrons. The lowest BCUT2D eigenvalue weighted by Crippen LogP contribution is -2.45. The number of hydrogen-bond donors (Lipinski definition) is 2. The standard InChI is InChI=1S/C16H32NO2PS.C6H16N2/c1-2-3-4-5-6-7-8-11-14-21(18,19)17-13-10-9-12-16(17)15-20;1-8-6-4-2-3-5-7/h15-16,20H,2-14H2,1H3;8H,2-7H2,1H3. The zero-order chi connectivity index (χ0) is 21.8. The minimum Gasteiger partial charge on any atom is -0.330 e. The zero-order valence-electron chi connectivity index (χ0n) is 19.1. The lowest BCUT2D eigenvalue weighted by molar-refractivity contribution is 0.310. The molecule has 0 amide bonds. The van der Waals surface area contributed by atoms with Crippen molar-refractivity contribution < 1.29 is 8.42 Å². The molecule has 0 aromatic carbocycles. The van der Waals surface area contributed by atoms with Crippen molar-refractivity contribution in [1.82, 2.24) is 9.62 Å². The summed E-state index contributed by atoms with van der Waals surface area (Å²) < 4.78 is 26.5. The number of rotatable bonds is 16. The summed E-state index contributed by atoms with van der Waals surface area (Å²) >= 11 is 0. The van der Waals surface area contributed by atoms with E-state index < -0.39 is 10.0 Å². The molecule has 1 aliphatic heterocycles. The molecule has 7 heteroatoms. The maximum atomic E-state index is 12.4. The van der Waals surface area contributed by atoms with E-state index in [0.717, 1.165) is 45.2 Å². The molecule has 0 saturated carbocycles. The van der Waals surface area contributed by atoms with Crippen molar-refractivity contribution in [3.63, 3.8) is 0 Å². The van der Waals surface area contributed by atoms with Crippen LogP contribution in [-0.2, 0) is 10.0 Å². The third-order valence-electron chi connectivity index (χ3n) is 5.43. The molecule has 1 atom stereocenters. The van der Waals surface area contributed by atoms with Crippen LogP contribution in [0.25, 0.3) is 0 Å². The van der Waals surface area contributed by atoms with Crippen LogP contribution in [0, 0.1) is 0 Å². The zero-order valence-corrected chi connectivity index (χ0v) is 20.9. The van der Waals surface area contributed by atoms with E-state index in [1.54, 1.807) is 4.31 Å². The van der Waals surface area contributed by atoms with E-state index in [1.807, 2.05) is 12.8 Å². The maximum absolute atomic E-state index is 12.4. The lowest BCUT2D eigenvalue weighted by Gasteiger charge is -2.32. The molecule has 1 fully saturated rings. The minimum atomic E-state index is -3.07. The maximum Gasteiger partial charge on any atom is 0.214 e. The van der Waals surface area contributed by atoms with Gasteiger partial charge in [-0.15, -0.1) is 8.86 Å². The van der Waals surface area contributed by atoms with Crippen molar-refractivity contribution in [1.29, 1.82) is 0 Å². The topological polar surface area (TPSA) is 75.4 Å². The molecule has 5 nitrogen and oxygen atoms in total. The number of piperidine rings is 1. The van der Waals surface area contributed by atoms with Gasteiger partial charge in [0.05, 0.1) is 5.75 Å². The first kappa shape index (κ1) is 29.0. The molecule has 3 N–H and O–H groups in total. The predicted molar refractivity (Wildman–Crippen MR) is 132 cm³/mol. The minimum absolute atomic E-state index is 0.0504. The molecule has 1 unspecified atom stereocenters. The highest BCUT2D eigenvalue weighted by molar-refractivity contribution is 7.89. The van der Waals surface area contributed by atoms with Gasteiger partial charge < -0.3 is 11.1 Å². The molecule has 29 heavy (non-hydrogen) atoms. The summed E-state index contributed by atoms with van der Waals surface area (Å²) in [5.74, 6) is 2.17. The molecular formula is C22H48N3O2PS. The Morgan fingerprint density at radius 3 is 2.21 bits per heavy atom. The van der Waals surface area contributed by atoms with E-state index in [4.69, 9.17) is 5.73 Å². The number of nitrogens with one attached hydrogen (secondary N) is 1. The Bertz CT molecular complexity index is 469. The summed E-state index contributed by atoms with van der Waals surface area (Å²) in [6.07, 6.45) is 16.2. The lowest BCUT2D eigenvalue weighted by atomic mass is 10.1. The number of nitrogens with zero attached hydrogens (tertiary/aromatic N) is 1. The van der Waals surface area contributed by atoms with Crippen molar-refractivity contribution in [2.75, 3.05) is 32.4 Å². The van der Waals surface area contributed by atoms with Crippen LogP contribution in [-0.4, -0.2) is 57.0 Å². The van der Waals surface area contributed by atoms with Gasteiger partial charge in [-0.2, -0.15) is 4.31 Å². The summed E-state index contributed by atoms with van der Waals surface area (Å²) in [5.41, 5.74) is 5.29. The van der Waals surface area contributed by atoms with Gasteiger partial charge in [-0.1, -0.05) is 64.7 Å². The fraction of sp³-hybridized carbons (Fsp3) is 0.955. The molecule has 1 rings (SSSR count). The summed E-state index contributed by atoms with van der Waals surface area (Å²) in [5, 5.41) is 3.09.